The van der Waals surface area contributed by atoms with Crippen LogP contribution in [0.25, 0.3) is 88.6 Å². The van der Waals surface area contributed by atoms with Crippen molar-refractivity contribution < 1.29 is 111 Å². The van der Waals surface area contributed by atoms with Crippen molar-refractivity contribution in [3.63, 3.8) is 0 Å². The Labute approximate surface area is 776 Å². The summed E-state index contributed by atoms with van der Waals surface area (Å²) in [4.78, 5) is 33.2. The van der Waals surface area contributed by atoms with Gasteiger partial charge in [-0.1, -0.05) is 269 Å². The van der Waals surface area contributed by atoms with Gasteiger partial charge in [-0.05, 0) is 150 Å². The quantitative estimate of drug-likeness (QED) is 0.0486. The maximum absolute atomic E-state index is 10.1. The van der Waals surface area contributed by atoms with E-state index < -0.39 is 18.2 Å². The zero-order valence-corrected chi connectivity index (χ0v) is 85.1. The number of hydrogen-bond donors (Lipinski definition) is 5. The molecule has 5 N–H and O–H groups in total. The molecule has 5 heterocycles. The van der Waals surface area contributed by atoms with Crippen LogP contribution in [-0.4, -0.2) is 68.6 Å². The van der Waals surface area contributed by atoms with E-state index in [1.165, 1.54) is 142 Å². The predicted octanol–water partition coefficient (Wildman–Crippen LogP) is 26.9. The Morgan fingerprint density at radius 2 is 0.686 bits per heavy atom. The fraction of sp³-hybridized carbons (Fsp3) is 0.340. The van der Waals surface area contributed by atoms with Gasteiger partial charge in [0.2, 0.25) is 0 Å². The van der Waals surface area contributed by atoms with E-state index in [0.29, 0.717) is 23.7 Å². The van der Waals surface area contributed by atoms with Crippen molar-refractivity contribution >= 4 is 49.6 Å². The van der Waals surface area contributed by atoms with Crippen LogP contribution in [0.3, 0.4) is 0 Å². The number of benzene rings is 8. The summed E-state index contributed by atoms with van der Waals surface area (Å²) in [6.45, 7) is 54.3. The second-order valence-corrected chi connectivity index (χ2v) is 33.1. The smallest absolute Gasteiger partial charge is 0.354 e. The van der Waals surface area contributed by atoms with Gasteiger partial charge in [-0.25, -0.2) is 9.78 Å². The van der Waals surface area contributed by atoms with Crippen molar-refractivity contribution in [3.8, 4) is 45.0 Å². The Balaban J connectivity index is 0.000000375. The first kappa shape index (κ1) is 107. The van der Waals surface area contributed by atoms with Crippen LogP contribution in [0.2, 0.25) is 0 Å². The van der Waals surface area contributed by atoms with Gasteiger partial charge in [0.05, 0.1) is 45.8 Å². The average molecular weight is 2330 g/mol. The molecule has 0 bridgehead atoms. The molecule has 2 unspecified atom stereocenters. The van der Waals surface area contributed by atoms with Crippen molar-refractivity contribution in [2.45, 2.75) is 217 Å². The van der Waals surface area contributed by atoms with Crippen molar-refractivity contribution in [1.82, 2.24) is 24.9 Å². The summed E-state index contributed by atoms with van der Waals surface area (Å²) in [6, 6.07) is 70.4. The number of aryl methyl sites for hydroxylation is 8. The molecule has 5 aromatic heterocycles. The number of fused-ring (bicyclic) bond motifs is 4. The number of carbonyl (C=O) groups is 1. The number of allylic oxidation sites excluding steroid dienone is 2. The normalized spacial score (nSPS) is 11.6. The first-order valence-electron chi connectivity index (χ1n) is 41.1. The number of aromatic carboxylic acids is 1. The molecule has 13 aromatic rings. The summed E-state index contributed by atoms with van der Waals surface area (Å²) < 4.78 is 0. The number of pyridine rings is 5. The van der Waals surface area contributed by atoms with Gasteiger partial charge in [0.1, 0.15) is 5.69 Å². The van der Waals surface area contributed by atoms with Gasteiger partial charge < -0.3 is 25.5 Å². The molecule has 4 radical (unpaired) electrons. The van der Waals surface area contributed by atoms with Crippen molar-refractivity contribution in [2.24, 2.45) is 23.7 Å². The second-order valence-electron chi connectivity index (χ2n) is 33.1. The van der Waals surface area contributed by atoms with Crippen LogP contribution in [0.5, 0.6) is 0 Å². The fourth-order valence-corrected chi connectivity index (χ4v) is 13.4. The van der Waals surface area contributed by atoms with Gasteiger partial charge >= 0.3 is 5.97 Å². The number of rotatable bonds is 15. The summed E-state index contributed by atoms with van der Waals surface area (Å²) in [5, 5.41) is 48.8. The third-order valence-corrected chi connectivity index (χ3v) is 21.1. The number of carboxylic acid groups (broad SMARTS) is 1. The van der Waals surface area contributed by atoms with Crippen LogP contribution in [0.15, 0.2) is 194 Å². The molecule has 11 nitrogen and oxygen atoms in total. The standard InChI is InChI=1S/2C22H24N.2C21H22N.C9H18O2.C6H5NO2.C5H10O2.4Ir/c2*1-14(2)11-18-7-6-8-22-20(18)9-10-21(23-22)19-12-15(3)17(5)16(4)13-19;2*1-13(2)18-7-6-8-21-19(18)9-10-20(22-21)17-11-14(3)16(5)15(4)12-17;1-6(2)8(10)5-9(11)7(3)4;8-6(9)5-3-1-2-4-7-5;1-4(6)3-5(2)7;;;;/h2*6-10,12,14H,11H2,1-5H3;2*6-11,13H,1-5H3;5-8,10-11H,1-4H3;1-4H,(H,8,9);3-4,6-7H,1-2H3;;;;/q4*-1;;;;;;;. The molecule has 2 atom stereocenters. The number of aromatic nitrogens is 5. The minimum atomic E-state index is -0.990. The largest absolute Gasteiger partial charge is 0.513 e. The van der Waals surface area contributed by atoms with Gasteiger partial charge in [0, 0.05) is 114 Å². The van der Waals surface area contributed by atoms with Gasteiger partial charge in [0.25, 0.3) is 0 Å². The monoisotopic (exact) mass is 2340 g/mol. The van der Waals surface area contributed by atoms with E-state index in [2.05, 4.69) is 313 Å². The molecule has 0 saturated carbocycles. The molecule has 121 heavy (non-hydrogen) atoms. The van der Waals surface area contributed by atoms with Crippen LogP contribution >= 0.6 is 0 Å². The molecular formula is C106H125Ir4N5O6-4. The van der Waals surface area contributed by atoms with E-state index in [9.17, 15) is 15.0 Å². The SMILES string of the molecule is CC(C)C(O)=CC(O)C(C)C.CC(O)=CC(C)O.Cc1[c-]c(-c2ccc3c(C(C)C)cccc3n2)cc(C)c1C.Cc1[c-]c(-c2ccc3c(C(C)C)cccc3n2)cc(C)c1C.Cc1[c-]c(-c2ccc3c(CC(C)C)cccc3n2)cc(C)c1C.Cc1[c-]c(-c2ccc3c(CC(C)C)cccc3n2)cc(C)c1C.O=C(O)c1ccccn1.[Ir].[Ir].[Ir].[Ir]. The molecule has 8 aromatic carbocycles. The number of hydrogen-bond acceptors (Lipinski definition) is 10. The zero-order valence-electron chi connectivity index (χ0n) is 75.6. The predicted molar refractivity (Wildman–Crippen MR) is 492 cm³/mol. The van der Waals surface area contributed by atoms with E-state index in [-0.39, 0.29) is 109 Å². The zero-order chi connectivity index (χ0) is 86.4. The molecule has 0 amide bonds. The molecule has 0 aliphatic heterocycles. The number of carboxylic acids is 1. The summed E-state index contributed by atoms with van der Waals surface area (Å²) in [7, 11) is 0. The van der Waals surface area contributed by atoms with Crippen LogP contribution in [0, 0.1) is 131 Å². The van der Waals surface area contributed by atoms with Gasteiger partial charge in [-0.15, -0.1) is 138 Å². The summed E-state index contributed by atoms with van der Waals surface area (Å²) >= 11 is 0. The summed E-state index contributed by atoms with van der Waals surface area (Å²) in [5.41, 5.74) is 33.4. The first-order valence-corrected chi connectivity index (χ1v) is 41.1. The molecule has 650 valence electrons. The molecule has 0 aliphatic carbocycles. The van der Waals surface area contributed by atoms with E-state index in [1.807, 2.05) is 27.7 Å². The van der Waals surface area contributed by atoms with Crippen molar-refractivity contribution in [1.29, 1.82) is 0 Å². The Kier molecular flexibility index (Phi) is 44.5. The third kappa shape index (κ3) is 31.1. The molecule has 13 rings (SSSR count). The summed E-state index contributed by atoms with van der Waals surface area (Å²) in [5.74, 6) is 2.02. The van der Waals surface area contributed by atoms with E-state index in [4.69, 9.17) is 35.3 Å². The maximum atomic E-state index is 10.1. The summed E-state index contributed by atoms with van der Waals surface area (Å²) in [6.07, 6.45) is 5.43. The Hall–Kier alpha value is -8.38. The molecule has 0 aliphatic rings. The molecular weight excluding hydrogens is 2210 g/mol. The maximum Gasteiger partial charge on any atom is 0.354 e. The fourth-order valence-electron chi connectivity index (χ4n) is 13.4. The third-order valence-electron chi connectivity index (χ3n) is 21.1. The van der Waals surface area contributed by atoms with Crippen LogP contribution < -0.4 is 0 Å². The van der Waals surface area contributed by atoms with E-state index in [1.54, 1.807) is 19.1 Å². The van der Waals surface area contributed by atoms with Gasteiger partial charge in [-0.3, -0.25) is 19.9 Å². The van der Waals surface area contributed by atoms with Gasteiger partial charge in [-0.2, -0.15) is 0 Å². The van der Waals surface area contributed by atoms with Crippen LogP contribution in [-0.2, 0) is 93.3 Å². The molecule has 15 heteroatoms. The average Bonchev–Trinajstić information content (AvgIpc) is 0.792. The molecule has 0 fully saturated rings. The van der Waals surface area contributed by atoms with Crippen LogP contribution in [0.1, 0.15) is 208 Å². The Bertz CT molecular complexity index is 5230. The van der Waals surface area contributed by atoms with E-state index >= 15 is 0 Å². The number of nitrogens with zero attached hydrogens (tertiary/aromatic N) is 5. The minimum absolute atomic E-state index is 0. The minimum Gasteiger partial charge on any atom is -0.513 e. The van der Waals surface area contributed by atoms with Crippen molar-refractivity contribution in [2.75, 3.05) is 0 Å². The second kappa shape index (κ2) is 50.4. The molecule has 0 saturated heterocycles. The number of aliphatic hydroxyl groups is 4. The van der Waals surface area contributed by atoms with Crippen molar-refractivity contribution in [3.05, 3.63) is 313 Å². The molecule has 0 spiro atoms. The number of aliphatic hydroxyl groups excluding tert-OH is 4. The van der Waals surface area contributed by atoms with Crippen LogP contribution in [0.4, 0.5) is 0 Å². The van der Waals surface area contributed by atoms with Gasteiger partial charge in [0.15, 0.2) is 0 Å². The first-order chi connectivity index (χ1) is 55.2. The Morgan fingerprint density at radius 1 is 0.380 bits per heavy atom. The van der Waals surface area contributed by atoms with E-state index in [0.717, 1.165) is 79.9 Å². The topological polar surface area (TPSA) is 183 Å². The Morgan fingerprint density at radius 3 is 0.917 bits per heavy atom.